The van der Waals surface area contributed by atoms with Gasteiger partial charge in [0.25, 0.3) is 5.89 Å². The molecular formula is C10H10F3N3OS. The largest absolute Gasteiger partial charge is 0.396 e. The first-order chi connectivity index (χ1) is 8.39. The molecule has 0 bridgehead atoms. The molecule has 0 spiro atoms. The van der Waals surface area contributed by atoms with Crippen LogP contribution in [0.3, 0.4) is 0 Å². The van der Waals surface area contributed by atoms with Crippen molar-refractivity contribution in [3.63, 3.8) is 0 Å². The summed E-state index contributed by atoms with van der Waals surface area (Å²) in [5.41, 5.74) is 6.25. The quantitative estimate of drug-likeness (QED) is 0.936. The molecular weight excluding hydrogens is 267 g/mol. The van der Waals surface area contributed by atoms with Crippen LogP contribution in [0.15, 0.2) is 10.6 Å². The number of aromatic nitrogens is 2. The zero-order valence-corrected chi connectivity index (χ0v) is 10.2. The van der Waals surface area contributed by atoms with Gasteiger partial charge in [-0.05, 0) is 12.5 Å². The lowest BCUT2D eigenvalue weighted by molar-refractivity contribution is -0.128. The van der Waals surface area contributed by atoms with Crippen molar-refractivity contribution in [1.29, 1.82) is 0 Å². The number of alkyl halides is 3. The second-order valence-corrected chi connectivity index (χ2v) is 4.82. The predicted octanol–water partition coefficient (Wildman–Crippen LogP) is 3.05. The maximum absolute atomic E-state index is 12.1. The molecule has 98 valence electrons. The Kier molecular flexibility index (Phi) is 3.29. The van der Waals surface area contributed by atoms with E-state index in [9.17, 15) is 13.2 Å². The number of nitrogens with two attached hydrogens (primary N) is 1. The van der Waals surface area contributed by atoms with E-state index < -0.39 is 12.6 Å². The Morgan fingerprint density at radius 3 is 2.72 bits per heavy atom. The minimum Gasteiger partial charge on any atom is -0.390 e. The van der Waals surface area contributed by atoms with E-state index in [1.165, 1.54) is 11.3 Å². The van der Waals surface area contributed by atoms with Gasteiger partial charge in [0.2, 0.25) is 0 Å². The minimum absolute atomic E-state index is 0.0303. The molecule has 0 aliphatic rings. The average molecular weight is 277 g/mol. The SMILES string of the molecule is CCc1cc(-c2nc(CC(F)(F)F)no2)c(N)s1. The number of anilines is 1. The van der Waals surface area contributed by atoms with Gasteiger partial charge >= 0.3 is 6.18 Å². The van der Waals surface area contributed by atoms with Gasteiger partial charge in [-0.1, -0.05) is 12.1 Å². The van der Waals surface area contributed by atoms with Crippen LogP contribution in [-0.2, 0) is 12.8 Å². The molecule has 4 nitrogen and oxygen atoms in total. The van der Waals surface area contributed by atoms with Gasteiger partial charge in [-0.2, -0.15) is 18.2 Å². The Morgan fingerprint density at radius 2 is 2.17 bits per heavy atom. The molecule has 8 heteroatoms. The van der Waals surface area contributed by atoms with E-state index in [1.807, 2.05) is 6.92 Å². The fourth-order valence-electron chi connectivity index (χ4n) is 1.41. The Balaban J connectivity index is 2.26. The molecule has 0 aromatic carbocycles. The zero-order valence-electron chi connectivity index (χ0n) is 9.41. The summed E-state index contributed by atoms with van der Waals surface area (Å²) in [6.45, 7) is 1.96. The standard InChI is InChI=1S/C10H10F3N3OS/c1-2-5-3-6(8(14)18-5)9-15-7(16-17-9)4-10(11,12)13/h3H,2,4,14H2,1H3. The molecule has 0 aliphatic carbocycles. The van der Waals surface area contributed by atoms with Crippen molar-refractivity contribution in [2.75, 3.05) is 5.73 Å². The first-order valence-corrected chi connectivity index (χ1v) is 5.98. The Hall–Kier alpha value is -1.57. The van der Waals surface area contributed by atoms with Crippen molar-refractivity contribution in [2.24, 2.45) is 0 Å². The number of hydrogen-bond donors (Lipinski definition) is 1. The third-order valence-electron chi connectivity index (χ3n) is 2.22. The van der Waals surface area contributed by atoms with Crippen LogP contribution < -0.4 is 5.73 Å². The molecule has 0 saturated heterocycles. The molecule has 2 aromatic rings. The highest BCUT2D eigenvalue weighted by atomic mass is 32.1. The number of rotatable bonds is 3. The molecule has 0 fully saturated rings. The Bertz CT molecular complexity index is 547. The third kappa shape index (κ3) is 2.81. The highest BCUT2D eigenvalue weighted by Crippen LogP contribution is 2.33. The number of halogens is 3. The zero-order chi connectivity index (χ0) is 13.3. The molecule has 2 heterocycles. The summed E-state index contributed by atoms with van der Waals surface area (Å²) in [5.74, 6) is -0.358. The molecule has 2 rings (SSSR count). The second kappa shape index (κ2) is 4.60. The Labute approximate surface area is 105 Å². The maximum Gasteiger partial charge on any atom is 0.396 e. The third-order valence-corrected chi connectivity index (χ3v) is 3.33. The van der Waals surface area contributed by atoms with Crippen molar-refractivity contribution in [2.45, 2.75) is 25.9 Å². The number of thiophene rings is 1. The van der Waals surface area contributed by atoms with Crippen LogP contribution in [0.2, 0.25) is 0 Å². The van der Waals surface area contributed by atoms with Crippen LogP contribution in [0.4, 0.5) is 18.2 Å². The lowest BCUT2D eigenvalue weighted by atomic mass is 10.2. The van der Waals surface area contributed by atoms with E-state index in [0.717, 1.165) is 11.3 Å². The van der Waals surface area contributed by atoms with E-state index in [0.29, 0.717) is 10.6 Å². The topological polar surface area (TPSA) is 64.9 Å². The van der Waals surface area contributed by atoms with Crippen molar-refractivity contribution < 1.29 is 17.7 Å². The van der Waals surface area contributed by atoms with Gasteiger partial charge < -0.3 is 10.3 Å². The predicted molar refractivity (Wildman–Crippen MR) is 61.2 cm³/mol. The first kappa shape index (κ1) is 12.9. The molecule has 18 heavy (non-hydrogen) atoms. The van der Waals surface area contributed by atoms with Gasteiger partial charge in [0, 0.05) is 4.88 Å². The van der Waals surface area contributed by atoms with Crippen molar-refractivity contribution in [1.82, 2.24) is 10.1 Å². The van der Waals surface area contributed by atoms with Crippen molar-refractivity contribution in [3.8, 4) is 11.5 Å². The highest BCUT2D eigenvalue weighted by Gasteiger charge is 2.31. The van der Waals surface area contributed by atoms with E-state index >= 15 is 0 Å². The monoisotopic (exact) mass is 277 g/mol. The van der Waals surface area contributed by atoms with E-state index in [2.05, 4.69) is 10.1 Å². The number of nitrogen functional groups attached to an aromatic ring is 1. The van der Waals surface area contributed by atoms with Crippen molar-refractivity contribution in [3.05, 3.63) is 16.8 Å². The highest BCUT2D eigenvalue weighted by molar-refractivity contribution is 7.16. The summed E-state index contributed by atoms with van der Waals surface area (Å²) < 4.78 is 41.2. The Morgan fingerprint density at radius 1 is 1.44 bits per heavy atom. The molecule has 0 atom stereocenters. The molecule has 2 N–H and O–H groups in total. The molecule has 2 aromatic heterocycles. The molecule has 0 radical (unpaired) electrons. The summed E-state index contributed by atoms with van der Waals surface area (Å²) in [5, 5.41) is 3.76. The minimum atomic E-state index is -4.35. The van der Waals surface area contributed by atoms with Crippen molar-refractivity contribution >= 4 is 16.3 Å². The van der Waals surface area contributed by atoms with E-state index in [1.54, 1.807) is 6.07 Å². The summed E-state index contributed by atoms with van der Waals surface area (Å²) in [7, 11) is 0. The lowest BCUT2D eigenvalue weighted by Gasteiger charge is -1.99. The summed E-state index contributed by atoms with van der Waals surface area (Å²) >= 11 is 1.36. The van der Waals surface area contributed by atoms with Gasteiger partial charge in [-0.3, -0.25) is 0 Å². The van der Waals surface area contributed by atoms with E-state index in [-0.39, 0.29) is 11.7 Å². The van der Waals surface area contributed by atoms with Gasteiger partial charge in [0.15, 0.2) is 5.82 Å². The van der Waals surface area contributed by atoms with Crippen LogP contribution in [-0.4, -0.2) is 16.3 Å². The molecule has 0 aliphatic heterocycles. The molecule has 0 saturated carbocycles. The van der Waals surface area contributed by atoms with Gasteiger partial charge in [-0.25, -0.2) is 0 Å². The summed E-state index contributed by atoms with van der Waals surface area (Å²) in [6, 6.07) is 1.75. The normalized spacial score (nSPS) is 12.0. The van der Waals surface area contributed by atoms with Gasteiger partial charge in [0.1, 0.15) is 6.42 Å². The van der Waals surface area contributed by atoms with Gasteiger partial charge in [0.05, 0.1) is 10.6 Å². The fourth-order valence-corrected chi connectivity index (χ4v) is 2.27. The molecule has 0 unspecified atom stereocenters. The van der Waals surface area contributed by atoms with Gasteiger partial charge in [-0.15, -0.1) is 11.3 Å². The average Bonchev–Trinajstić information content (AvgIpc) is 2.82. The lowest BCUT2D eigenvalue weighted by Crippen LogP contribution is -2.12. The first-order valence-electron chi connectivity index (χ1n) is 5.17. The smallest absolute Gasteiger partial charge is 0.390 e. The van der Waals surface area contributed by atoms with Crippen LogP contribution in [0.25, 0.3) is 11.5 Å². The van der Waals surface area contributed by atoms with Crippen LogP contribution in [0.1, 0.15) is 17.6 Å². The number of nitrogens with zero attached hydrogens (tertiary/aromatic N) is 2. The summed E-state index contributed by atoms with van der Waals surface area (Å²) in [4.78, 5) is 4.72. The van der Waals surface area contributed by atoms with Crippen LogP contribution in [0.5, 0.6) is 0 Å². The molecule has 0 amide bonds. The number of aryl methyl sites for hydroxylation is 1. The number of hydrogen-bond acceptors (Lipinski definition) is 5. The van der Waals surface area contributed by atoms with E-state index in [4.69, 9.17) is 10.3 Å². The maximum atomic E-state index is 12.1. The van der Waals surface area contributed by atoms with Crippen LogP contribution in [0, 0.1) is 0 Å². The summed E-state index contributed by atoms with van der Waals surface area (Å²) in [6.07, 6.45) is -4.77. The fraction of sp³-hybridized carbons (Fsp3) is 0.400. The van der Waals surface area contributed by atoms with Crippen LogP contribution >= 0.6 is 11.3 Å². The second-order valence-electron chi connectivity index (χ2n) is 3.65.